The molecule has 0 spiro atoms. The molecule has 1 aliphatic heterocycles. The average molecular weight is 615 g/mol. The summed E-state index contributed by atoms with van der Waals surface area (Å²) < 4.78 is 25.3. The lowest BCUT2D eigenvalue weighted by atomic mass is 9.78. The largest absolute Gasteiger partial charge is 0.573 e. The Balaban J connectivity index is 1.22. The first-order chi connectivity index (χ1) is 20.0. The second kappa shape index (κ2) is 12.7. The predicted molar refractivity (Wildman–Crippen MR) is 163 cm³/mol. The highest BCUT2D eigenvalue weighted by molar-refractivity contribution is 8.00. The molecule has 10 nitrogen and oxygen atoms in total. The van der Waals surface area contributed by atoms with E-state index in [1.165, 1.54) is 23.3 Å². The molecule has 224 valence electrons. The molecule has 3 aromatic rings. The molecule has 0 bridgehead atoms. The van der Waals surface area contributed by atoms with Crippen LogP contribution in [-0.2, 0) is 30.6 Å². The van der Waals surface area contributed by atoms with Crippen molar-refractivity contribution >= 4 is 35.7 Å². The number of nitrogens with one attached hydrogen (secondary N) is 1. The number of carbonyl (C=O) groups is 1. The Hall–Kier alpha value is -2.95. The Kier molecular flexibility index (Phi) is 9.25. The van der Waals surface area contributed by atoms with Crippen LogP contribution in [-0.4, -0.2) is 34.3 Å². The van der Waals surface area contributed by atoms with Crippen LogP contribution in [0, 0.1) is 11.3 Å². The van der Waals surface area contributed by atoms with Gasteiger partial charge in [0.2, 0.25) is 11.8 Å². The Labute approximate surface area is 250 Å². The number of carbonyl (C=O) groups excluding carboxylic acids is 1. The standard InChI is InChI=1S/C30H36N3O7PS/c1-18-24(39-28(30(18,2)3)33-15-14-25(34)32-29(33)36)17-37-41(42)40-23-11-7-8-19-16-20(12-13-22(19)23)26(31)27(35)38-21-9-5-4-6-10-21/h7-8,11-16,18,21,24,26,28H,4-6,9-10,17,31H2,1-3H3/p+1. The fraction of sp³-hybridized carbons (Fsp3) is 0.500. The van der Waals surface area contributed by atoms with E-state index in [0.29, 0.717) is 11.3 Å². The quantitative estimate of drug-likeness (QED) is 0.252. The van der Waals surface area contributed by atoms with Gasteiger partial charge in [-0.2, -0.15) is 0 Å². The van der Waals surface area contributed by atoms with Gasteiger partial charge in [0, 0.05) is 23.1 Å². The molecule has 2 fully saturated rings. The number of rotatable bonds is 9. The predicted octanol–water partition coefficient (Wildman–Crippen LogP) is 4.99. The number of aromatic amines is 1. The second-order valence-electron chi connectivity index (χ2n) is 11.7. The summed E-state index contributed by atoms with van der Waals surface area (Å²) >= 11 is 5.54. The first-order valence-electron chi connectivity index (χ1n) is 14.3. The third-order valence-corrected chi connectivity index (χ3v) is 9.85. The van der Waals surface area contributed by atoms with Crippen molar-refractivity contribution in [3.63, 3.8) is 0 Å². The van der Waals surface area contributed by atoms with Crippen LogP contribution in [0.1, 0.15) is 70.7 Å². The Bertz CT molecular complexity index is 1580. The van der Waals surface area contributed by atoms with Crippen molar-refractivity contribution in [2.24, 2.45) is 17.1 Å². The van der Waals surface area contributed by atoms with E-state index in [1.807, 2.05) is 57.2 Å². The highest BCUT2D eigenvalue weighted by Gasteiger charge is 2.50. The van der Waals surface area contributed by atoms with Crippen LogP contribution in [0.4, 0.5) is 0 Å². The van der Waals surface area contributed by atoms with Gasteiger partial charge in [-0.05, 0) is 54.7 Å². The molecule has 1 aromatic heterocycles. The molecule has 5 rings (SSSR count). The highest BCUT2D eigenvalue weighted by atomic mass is 32.4. The summed E-state index contributed by atoms with van der Waals surface area (Å²) in [6.07, 6.45) is 5.58. The molecule has 42 heavy (non-hydrogen) atoms. The zero-order valence-electron chi connectivity index (χ0n) is 24.0. The van der Waals surface area contributed by atoms with Gasteiger partial charge in [-0.25, -0.2) is 14.1 Å². The minimum atomic E-state index is -1.73. The van der Waals surface area contributed by atoms with Gasteiger partial charge in [0.1, 0.15) is 25.0 Å². The maximum atomic E-state index is 12.7. The van der Waals surface area contributed by atoms with Crippen molar-refractivity contribution < 1.29 is 23.3 Å². The molecule has 2 aromatic carbocycles. The van der Waals surface area contributed by atoms with Crippen molar-refractivity contribution in [2.45, 2.75) is 77.4 Å². The average Bonchev–Trinajstić information content (AvgIpc) is 3.19. The molecule has 12 heteroatoms. The summed E-state index contributed by atoms with van der Waals surface area (Å²) in [6, 6.07) is 11.6. The molecular formula is C30H37N3O7PS+. The maximum absolute atomic E-state index is 12.7. The highest BCUT2D eigenvalue weighted by Crippen LogP contribution is 2.49. The molecule has 2 aliphatic rings. The summed E-state index contributed by atoms with van der Waals surface area (Å²) in [7, 11) is -1.73. The Morgan fingerprint density at radius 2 is 1.95 bits per heavy atom. The van der Waals surface area contributed by atoms with Gasteiger partial charge in [-0.15, -0.1) is 4.52 Å². The molecule has 0 radical (unpaired) electrons. The molecule has 1 aliphatic carbocycles. The van der Waals surface area contributed by atoms with Crippen LogP contribution in [0.5, 0.6) is 5.75 Å². The lowest BCUT2D eigenvalue weighted by Gasteiger charge is -2.29. The molecule has 2 heterocycles. The summed E-state index contributed by atoms with van der Waals surface area (Å²) in [5.74, 6) is 0.178. The number of aromatic nitrogens is 2. The van der Waals surface area contributed by atoms with Crippen LogP contribution in [0.3, 0.4) is 0 Å². The van der Waals surface area contributed by atoms with Crippen molar-refractivity contribution in [2.75, 3.05) is 6.61 Å². The van der Waals surface area contributed by atoms with Gasteiger partial charge in [-0.1, -0.05) is 51.5 Å². The van der Waals surface area contributed by atoms with E-state index in [0.717, 1.165) is 36.5 Å². The van der Waals surface area contributed by atoms with Gasteiger partial charge in [0.05, 0.1) is 6.10 Å². The number of nitrogens with zero attached hydrogens (tertiary/aromatic N) is 1. The van der Waals surface area contributed by atoms with Crippen LogP contribution in [0.2, 0.25) is 0 Å². The first kappa shape index (κ1) is 30.5. The molecule has 5 atom stereocenters. The van der Waals surface area contributed by atoms with Crippen LogP contribution in [0.15, 0.2) is 58.3 Å². The van der Waals surface area contributed by atoms with E-state index in [-0.39, 0.29) is 24.7 Å². The summed E-state index contributed by atoms with van der Waals surface area (Å²) in [4.78, 5) is 38.9. The van der Waals surface area contributed by atoms with Crippen LogP contribution in [0.25, 0.3) is 10.8 Å². The van der Waals surface area contributed by atoms with Crippen LogP contribution >= 0.6 is 7.15 Å². The Morgan fingerprint density at radius 3 is 2.69 bits per heavy atom. The van der Waals surface area contributed by atoms with E-state index in [2.05, 4.69) is 4.98 Å². The number of benzene rings is 2. The van der Waals surface area contributed by atoms with Crippen LogP contribution < -0.4 is 21.5 Å². The van der Waals surface area contributed by atoms with Gasteiger partial charge < -0.3 is 15.2 Å². The topological polar surface area (TPSA) is 135 Å². The van der Waals surface area contributed by atoms with E-state index >= 15 is 0 Å². The molecule has 1 saturated carbocycles. The smallest absolute Gasteiger partial charge is 0.461 e. The molecule has 1 saturated heterocycles. The molecule has 5 unspecified atom stereocenters. The molecule has 0 amide bonds. The van der Waals surface area contributed by atoms with Gasteiger partial charge in [0.15, 0.2) is 5.75 Å². The van der Waals surface area contributed by atoms with Gasteiger partial charge in [-0.3, -0.25) is 14.3 Å². The van der Waals surface area contributed by atoms with Gasteiger partial charge >= 0.3 is 18.8 Å². The number of ether oxygens (including phenoxy) is 2. The lowest BCUT2D eigenvalue weighted by molar-refractivity contribution is -0.152. The minimum absolute atomic E-state index is 0.0183. The number of fused-ring (bicyclic) bond motifs is 1. The minimum Gasteiger partial charge on any atom is -0.461 e. The fourth-order valence-electron chi connectivity index (χ4n) is 5.73. The Morgan fingerprint density at radius 1 is 1.19 bits per heavy atom. The van der Waals surface area contributed by atoms with E-state index in [9.17, 15) is 14.4 Å². The van der Waals surface area contributed by atoms with E-state index in [4.69, 9.17) is 36.1 Å². The second-order valence-corrected chi connectivity index (χ2v) is 13.5. The summed E-state index contributed by atoms with van der Waals surface area (Å²) in [6.45, 7) is 6.24. The third kappa shape index (κ3) is 6.50. The summed E-state index contributed by atoms with van der Waals surface area (Å²) in [5.41, 5.74) is 5.54. The number of hydrogen-bond acceptors (Lipinski definition) is 9. The van der Waals surface area contributed by atoms with E-state index < -0.39 is 42.1 Å². The van der Waals surface area contributed by atoms with E-state index in [1.54, 1.807) is 0 Å². The molecule has 3 N–H and O–H groups in total. The normalized spacial score (nSPS) is 23.4. The number of H-pyrrole nitrogens is 1. The fourth-order valence-corrected chi connectivity index (χ4v) is 6.79. The number of hydrogen-bond donors (Lipinski definition) is 2. The molecular weight excluding hydrogens is 577 g/mol. The van der Waals surface area contributed by atoms with Crippen molar-refractivity contribution in [1.29, 1.82) is 0 Å². The first-order valence-corrected chi connectivity index (χ1v) is 16.5. The SMILES string of the molecule is CC1C(CO[P+](=S)Oc2cccc3cc(C(N)C(=O)OC4CCCCC4)ccc23)OC(n2ccc(=O)[nH]c2=O)C1(C)C. The lowest BCUT2D eigenvalue weighted by Crippen LogP contribution is -2.37. The van der Waals surface area contributed by atoms with Crippen molar-refractivity contribution in [3.8, 4) is 5.75 Å². The third-order valence-electron chi connectivity index (χ3n) is 8.60. The van der Waals surface area contributed by atoms with Crippen molar-refractivity contribution in [3.05, 3.63) is 75.1 Å². The zero-order chi connectivity index (χ0) is 30.0. The maximum Gasteiger partial charge on any atom is 0.573 e. The van der Waals surface area contributed by atoms with Crippen molar-refractivity contribution in [1.82, 2.24) is 9.55 Å². The summed E-state index contributed by atoms with van der Waals surface area (Å²) in [5, 5.41) is 1.67. The number of esters is 1. The van der Waals surface area contributed by atoms with Gasteiger partial charge in [0.25, 0.3) is 5.56 Å². The zero-order valence-corrected chi connectivity index (χ0v) is 25.7. The monoisotopic (exact) mass is 614 g/mol. The number of nitrogens with two attached hydrogens (primary N) is 1.